The lowest BCUT2D eigenvalue weighted by Crippen LogP contribution is -2.19. The van der Waals surface area contributed by atoms with Crippen LogP contribution < -0.4 is 0 Å². The summed E-state index contributed by atoms with van der Waals surface area (Å²) >= 11 is 0. The molecule has 1 unspecified atom stereocenters. The van der Waals surface area contributed by atoms with Crippen molar-refractivity contribution in [1.82, 2.24) is 10.1 Å². The van der Waals surface area contributed by atoms with Gasteiger partial charge in [0.05, 0.1) is 6.07 Å². The SMILES string of the molecule is COC(c1noc(CC#N)n1)C1CCCCC1. The fraction of sp³-hybridized carbons (Fsp3) is 0.750. The largest absolute Gasteiger partial charge is 0.373 e. The van der Waals surface area contributed by atoms with Crippen LogP contribution in [0, 0.1) is 17.2 Å². The summed E-state index contributed by atoms with van der Waals surface area (Å²) in [5, 5.41) is 12.5. The minimum Gasteiger partial charge on any atom is -0.373 e. The summed E-state index contributed by atoms with van der Waals surface area (Å²) < 4.78 is 10.5. The Kier molecular flexibility index (Phi) is 4.10. The van der Waals surface area contributed by atoms with E-state index >= 15 is 0 Å². The van der Waals surface area contributed by atoms with E-state index in [9.17, 15) is 0 Å². The van der Waals surface area contributed by atoms with Crippen LogP contribution in [0.15, 0.2) is 4.52 Å². The highest BCUT2D eigenvalue weighted by molar-refractivity contribution is 4.98. The van der Waals surface area contributed by atoms with Crippen LogP contribution in [-0.4, -0.2) is 17.3 Å². The first-order valence-corrected chi connectivity index (χ1v) is 6.07. The molecule has 0 aliphatic heterocycles. The predicted molar refractivity (Wildman–Crippen MR) is 59.9 cm³/mol. The summed E-state index contributed by atoms with van der Waals surface area (Å²) in [6, 6.07) is 2.00. The summed E-state index contributed by atoms with van der Waals surface area (Å²) in [6.45, 7) is 0. The number of methoxy groups -OCH3 is 1. The Morgan fingerprint density at radius 3 is 2.88 bits per heavy atom. The van der Waals surface area contributed by atoms with Gasteiger partial charge in [0.25, 0.3) is 0 Å². The molecule has 5 nitrogen and oxygen atoms in total. The number of hydrogen-bond acceptors (Lipinski definition) is 5. The third kappa shape index (κ3) is 2.83. The van der Waals surface area contributed by atoms with Crippen molar-refractivity contribution in [3.63, 3.8) is 0 Å². The van der Waals surface area contributed by atoms with Gasteiger partial charge in [0.1, 0.15) is 12.5 Å². The van der Waals surface area contributed by atoms with E-state index in [2.05, 4.69) is 10.1 Å². The molecule has 1 fully saturated rings. The first-order chi connectivity index (χ1) is 8.35. The van der Waals surface area contributed by atoms with Crippen LogP contribution in [0.1, 0.15) is 49.9 Å². The van der Waals surface area contributed by atoms with Gasteiger partial charge in [-0.3, -0.25) is 0 Å². The second-order valence-corrected chi connectivity index (χ2v) is 4.44. The second kappa shape index (κ2) is 5.78. The van der Waals surface area contributed by atoms with Gasteiger partial charge in [-0.1, -0.05) is 24.4 Å². The maximum atomic E-state index is 8.56. The van der Waals surface area contributed by atoms with Crippen LogP contribution in [0.5, 0.6) is 0 Å². The Hall–Kier alpha value is -1.41. The molecular weight excluding hydrogens is 218 g/mol. The monoisotopic (exact) mass is 235 g/mol. The molecule has 0 saturated heterocycles. The fourth-order valence-corrected chi connectivity index (χ4v) is 2.47. The third-order valence-electron chi connectivity index (χ3n) is 3.30. The molecule has 0 bridgehead atoms. The number of ether oxygens (including phenoxy) is 1. The molecule has 1 saturated carbocycles. The molecule has 0 radical (unpaired) electrons. The fourth-order valence-electron chi connectivity index (χ4n) is 2.47. The standard InChI is InChI=1S/C12H17N3O2/c1-16-11(9-5-3-2-4-6-9)12-14-10(7-8-13)17-15-12/h9,11H,2-7H2,1H3. The Balaban J connectivity index is 2.08. The van der Waals surface area contributed by atoms with E-state index in [-0.39, 0.29) is 12.5 Å². The topological polar surface area (TPSA) is 71.9 Å². The number of rotatable bonds is 4. The van der Waals surface area contributed by atoms with Crippen LogP contribution in [-0.2, 0) is 11.2 Å². The molecule has 92 valence electrons. The smallest absolute Gasteiger partial charge is 0.240 e. The van der Waals surface area contributed by atoms with E-state index < -0.39 is 0 Å². The quantitative estimate of drug-likeness (QED) is 0.801. The van der Waals surface area contributed by atoms with Gasteiger partial charge in [0.2, 0.25) is 11.7 Å². The highest BCUT2D eigenvalue weighted by Crippen LogP contribution is 2.35. The zero-order chi connectivity index (χ0) is 12.1. The molecule has 0 N–H and O–H groups in total. The van der Waals surface area contributed by atoms with E-state index in [1.165, 1.54) is 19.3 Å². The van der Waals surface area contributed by atoms with Crippen molar-refractivity contribution in [3.05, 3.63) is 11.7 Å². The summed E-state index contributed by atoms with van der Waals surface area (Å²) in [4.78, 5) is 4.22. The van der Waals surface area contributed by atoms with Gasteiger partial charge in [-0.2, -0.15) is 10.2 Å². The second-order valence-electron chi connectivity index (χ2n) is 4.44. The Morgan fingerprint density at radius 2 is 2.24 bits per heavy atom. The van der Waals surface area contributed by atoms with Crippen LogP contribution in [0.25, 0.3) is 0 Å². The van der Waals surface area contributed by atoms with E-state index in [0.29, 0.717) is 17.6 Å². The highest BCUT2D eigenvalue weighted by Gasteiger charge is 2.28. The van der Waals surface area contributed by atoms with Crippen molar-refractivity contribution >= 4 is 0 Å². The van der Waals surface area contributed by atoms with Gasteiger partial charge in [-0.15, -0.1) is 0 Å². The molecule has 1 aromatic rings. The van der Waals surface area contributed by atoms with Crippen molar-refractivity contribution in [1.29, 1.82) is 5.26 Å². The van der Waals surface area contributed by atoms with Gasteiger partial charge in [-0.25, -0.2) is 0 Å². The van der Waals surface area contributed by atoms with E-state index in [1.807, 2.05) is 6.07 Å². The Morgan fingerprint density at radius 1 is 1.47 bits per heavy atom. The van der Waals surface area contributed by atoms with Gasteiger partial charge < -0.3 is 9.26 Å². The normalized spacial score (nSPS) is 18.8. The van der Waals surface area contributed by atoms with Crippen molar-refractivity contribution in [2.24, 2.45) is 5.92 Å². The zero-order valence-corrected chi connectivity index (χ0v) is 10.1. The van der Waals surface area contributed by atoms with Crippen LogP contribution >= 0.6 is 0 Å². The average molecular weight is 235 g/mol. The minimum atomic E-state index is -0.0912. The van der Waals surface area contributed by atoms with E-state index in [1.54, 1.807) is 7.11 Å². The van der Waals surface area contributed by atoms with Crippen LogP contribution in [0.3, 0.4) is 0 Å². The molecule has 0 aromatic carbocycles. The Bertz CT molecular complexity index is 391. The number of nitriles is 1. The van der Waals surface area contributed by atoms with Gasteiger partial charge >= 0.3 is 0 Å². The van der Waals surface area contributed by atoms with Crippen LogP contribution in [0.2, 0.25) is 0 Å². The first kappa shape index (κ1) is 12.1. The van der Waals surface area contributed by atoms with Crippen molar-refractivity contribution in [2.45, 2.75) is 44.6 Å². The lowest BCUT2D eigenvalue weighted by atomic mass is 9.85. The number of nitrogens with zero attached hydrogens (tertiary/aromatic N) is 3. The molecule has 2 rings (SSSR count). The molecule has 1 atom stereocenters. The van der Waals surface area contributed by atoms with E-state index in [0.717, 1.165) is 12.8 Å². The molecule has 0 spiro atoms. The first-order valence-electron chi connectivity index (χ1n) is 6.07. The Labute approximate surface area is 101 Å². The van der Waals surface area contributed by atoms with Crippen molar-refractivity contribution in [2.75, 3.05) is 7.11 Å². The van der Waals surface area contributed by atoms with Crippen LogP contribution in [0.4, 0.5) is 0 Å². The van der Waals surface area contributed by atoms with E-state index in [4.69, 9.17) is 14.5 Å². The molecule has 1 aliphatic carbocycles. The van der Waals surface area contributed by atoms with Crippen molar-refractivity contribution < 1.29 is 9.26 Å². The number of hydrogen-bond donors (Lipinski definition) is 0. The predicted octanol–water partition coefficient (Wildman–Crippen LogP) is 2.40. The minimum absolute atomic E-state index is 0.0912. The summed E-state index contributed by atoms with van der Waals surface area (Å²) in [6.07, 6.45) is 6.17. The van der Waals surface area contributed by atoms with Gasteiger partial charge in [0.15, 0.2) is 0 Å². The maximum Gasteiger partial charge on any atom is 0.240 e. The summed E-state index contributed by atoms with van der Waals surface area (Å²) in [7, 11) is 1.68. The average Bonchev–Trinajstić information content (AvgIpc) is 2.81. The van der Waals surface area contributed by atoms with Gasteiger partial charge in [-0.05, 0) is 18.8 Å². The molecule has 17 heavy (non-hydrogen) atoms. The molecular formula is C12H17N3O2. The zero-order valence-electron chi connectivity index (χ0n) is 10.1. The molecule has 0 amide bonds. The molecule has 1 aromatic heterocycles. The lowest BCUT2D eigenvalue weighted by Gasteiger charge is -2.26. The summed E-state index contributed by atoms with van der Waals surface area (Å²) in [5.74, 6) is 1.44. The number of aromatic nitrogens is 2. The highest BCUT2D eigenvalue weighted by atomic mass is 16.5. The van der Waals surface area contributed by atoms with Crippen molar-refractivity contribution in [3.8, 4) is 6.07 Å². The maximum absolute atomic E-state index is 8.56. The third-order valence-corrected chi connectivity index (χ3v) is 3.30. The summed E-state index contributed by atoms with van der Waals surface area (Å²) in [5.41, 5.74) is 0. The molecule has 1 heterocycles. The van der Waals surface area contributed by atoms with Gasteiger partial charge in [0, 0.05) is 7.11 Å². The molecule has 5 heteroatoms. The molecule has 1 aliphatic rings. The lowest BCUT2D eigenvalue weighted by molar-refractivity contribution is 0.0273.